The Kier molecular flexibility index (Phi) is 7.50. The summed E-state index contributed by atoms with van der Waals surface area (Å²) in [5, 5.41) is 6.63. The van der Waals surface area contributed by atoms with E-state index >= 15 is 0 Å². The number of ether oxygens (including phenoxy) is 1. The first-order valence-corrected chi connectivity index (χ1v) is 10.0. The molecule has 1 heterocycles. The SMILES string of the molecule is O=C(CNC(=O)c1ccc(COc2ccc(Cl)cc2Cl)o1)Nc1cc(Cl)ccc1Cl. The monoisotopic (exact) mass is 486 g/mol. The highest BCUT2D eigenvalue weighted by atomic mass is 35.5. The number of carbonyl (C=O) groups is 2. The first kappa shape index (κ1) is 22.3. The number of amides is 2. The van der Waals surface area contributed by atoms with Crippen molar-refractivity contribution in [3.05, 3.63) is 80.1 Å². The van der Waals surface area contributed by atoms with E-state index in [1.54, 1.807) is 36.4 Å². The van der Waals surface area contributed by atoms with Crippen LogP contribution in [-0.4, -0.2) is 18.4 Å². The Hall–Kier alpha value is -2.38. The molecule has 0 spiro atoms. The van der Waals surface area contributed by atoms with Gasteiger partial charge in [0.25, 0.3) is 5.91 Å². The minimum atomic E-state index is -0.557. The number of anilines is 1. The zero-order valence-corrected chi connectivity index (χ0v) is 18.2. The average Bonchev–Trinajstić information content (AvgIpc) is 3.17. The number of rotatable bonds is 7. The molecular weight excluding hydrogens is 474 g/mol. The van der Waals surface area contributed by atoms with Gasteiger partial charge in [-0.1, -0.05) is 46.4 Å². The lowest BCUT2D eigenvalue weighted by Crippen LogP contribution is -2.32. The maximum absolute atomic E-state index is 12.2. The van der Waals surface area contributed by atoms with Gasteiger partial charge in [0.2, 0.25) is 5.91 Å². The van der Waals surface area contributed by atoms with Crippen molar-refractivity contribution in [1.29, 1.82) is 0 Å². The number of carbonyl (C=O) groups excluding carboxylic acids is 2. The van der Waals surface area contributed by atoms with Crippen LogP contribution in [-0.2, 0) is 11.4 Å². The Bertz CT molecular complexity index is 1080. The van der Waals surface area contributed by atoms with Gasteiger partial charge in [0.05, 0.1) is 22.3 Å². The average molecular weight is 488 g/mol. The van der Waals surface area contributed by atoms with E-state index in [2.05, 4.69) is 10.6 Å². The molecule has 3 rings (SSSR count). The molecule has 1 aromatic heterocycles. The van der Waals surface area contributed by atoms with Crippen LogP contribution >= 0.6 is 46.4 Å². The van der Waals surface area contributed by atoms with Crippen LogP contribution in [0.3, 0.4) is 0 Å². The van der Waals surface area contributed by atoms with Crippen molar-refractivity contribution in [3.63, 3.8) is 0 Å². The summed E-state index contributed by atoms with van der Waals surface area (Å²) in [5.74, 6) is -0.163. The fourth-order valence-electron chi connectivity index (χ4n) is 2.35. The van der Waals surface area contributed by atoms with E-state index in [1.807, 2.05) is 0 Å². The fraction of sp³-hybridized carbons (Fsp3) is 0.100. The molecular formula is C20H14Cl4N2O4. The van der Waals surface area contributed by atoms with Crippen molar-refractivity contribution >= 4 is 63.9 Å². The summed E-state index contributed by atoms with van der Waals surface area (Å²) in [6, 6.07) is 12.6. The van der Waals surface area contributed by atoms with Crippen LogP contribution in [0.2, 0.25) is 20.1 Å². The van der Waals surface area contributed by atoms with Gasteiger partial charge in [-0.2, -0.15) is 0 Å². The Morgan fingerprint density at radius 2 is 1.63 bits per heavy atom. The molecule has 2 N–H and O–H groups in total. The first-order valence-electron chi connectivity index (χ1n) is 8.51. The lowest BCUT2D eigenvalue weighted by molar-refractivity contribution is -0.115. The third-order valence-electron chi connectivity index (χ3n) is 3.76. The molecule has 0 saturated heterocycles. The predicted octanol–water partition coefficient (Wildman–Crippen LogP) is 5.84. The maximum atomic E-state index is 12.2. The second-order valence-electron chi connectivity index (χ2n) is 5.98. The smallest absolute Gasteiger partial charge is 0.287 e. The van der Waals surface area contributed by atoms with Crippen molar-refractivity contribution < 1.29 is 18.7 Å². The number of halogens is 4. The molecule has 156 valence electrons. The van der Waals surface area contributed by atoms with Gasteiger partial charge >= 0.3 is 0 Å². The summed E-state index contributed by atoms with van der Waals surface area (Å²) in [6.07, 6.45) is 0. The molecule has 0 saturated carbocycles. The number of hydrogen-bond acceptors (Lipinski definition) is 4. The standard InChI is InChI=1S/C20H14Cl4N2O4/c21-11-2-5-17(15(24)7-11)29-10-13-3-6-18(30-13)20(28)25-9-19(27)26-16-8-12(22)1-4-14(16)23/h1-8H,9-10H2,(H,25,28)(H,26,27). The van der Waals surface area contributed by atoms with E-state index in [0.29, 0.717) is 37.3 Å². The van der Waals surface area contributed by atoms with Crippen molar-refractivity contribution in [1.82, 2.24) is 5.32 Å². The molecule has 0 unspecified atom stereocenters. The molecule has 0 radical (unpaired) electrons. The molecule has 10 heteroatoms. The molecule has 30 heavy (non-hydrogen) atoms. The van der Waals surface area contributed by atoms with Gasteiger partial charge in [-0.15, -0.1) is 0 Å². The molecule has 0 aliphatic rings. The second-order valence-corrected chi connectivity index (χ2v) is 7.67. The third-order valence-corrected chi connectivity index (χ3v) is 4.86. The van der Waals surface area contributed by atoms with E-state index < -0.39 is 11.8 Å². The van der Waals surface area contributed by atoms with E-state index in [-0.39, 0.29) is 18.9 Å². The minimum Gasteiger partial charge on any atom is -0.484 e. The van der Waals surface area contributed by atoms with Gasteiger partial charge in [0.15, 0.2) is 5.76 Å². The van der Waals surface area contributed by atoms with Gasteiger partial charge in [0, 0.05) is 10.0 Å². The second kappa shape index (κ2) is 10.1. The maximum Gasteiger partial charge on any atom is 0.287 e. The van der Waals surface area contributed by atoms with Crippen molar-refractivity contribution in [3.8, 4) is 5.75 Å². The van der Waals surface area contributed by atoms with Gasteiger partial charge in [0.1, 0.15) is 18.1 Å². The van der Waals surface area contributed by atoms with Gasteiger partial charge in [-0.25, -0.2) is 0 Å². The topological polar surface area (TPSA) is 80.6 Å². The number of benzene rings is 2. The van der Waals surface area contributed by atoms with Gasteiger partial charge in [-0.3, -0.25) is 9.59 Å². The lowest BCUT2D eigenvalue weighted by atomic mass is 10.3. The fourth-order valence-corrected chi connectivity index (χ4v) is 3.15. The Morgan fingerprint density at radius 3 is 2.40 bits per heavy atom. The highest BCUT2D eigenvalue weighted by molar-refractivity contribution is 6.36. The van der Waals surface area contributed by atoms with Crippen LogP contribution in [0.5, 0.6) is 5.75 Å². The normalized spacial score (nSPS) is 10.5. The summed E-state index contributed by atoms with van der Waals surface area (Å²) in [7, 11) is 0. The van der Waals surface area contributed by atoms with Crippen molar-refractivity contribution in [2.75, 3.05) is 11.9 Å². The first-order chi connectivity index (χ1) is 14.3. The minimum absolute atomic E-state index is 0.0318. The number of nitrogens with one attached hydrogen (secondary N) is 2. The van der Waals surface area contributed by atoms with Crippen LogP contribution in [0.4, 0.5) is 5.69 Å². The zero-order valence-electron chi connectivity index (χ0n) is 15.2. The van der Waals surface area contributed by atoms with E-state index in [1.165, 1.54) is 12.1 Å². The molecule has 0 bridgehead atoms. The van der Waals surface area contributed by atoms with E-state index in [0.717, 1.165) is 0 Å². The van der Waals surface area contributed by atoms with Crippen LogP contribution in [0.15, 0.2) is 52.9 Å². The summed E-state index contributed by atoms with van der Waals surface area (Å²) >= 11 is 23.7. The largest absolute Gasteiger partial charge is 0.484 e. The lowest BCUT2D eigenvalue weighted by Gasteiger charge is -2.08. The van der Waals surface area contributed by atoms with Crippen molar-refractivity contribution in [2.24, 2.45) is 0 Å². The zero-order chi connectivity index (χ0) is 21.7. The third kappa shape index (κ3) is 6.06. The van der Waals surface area contributed by atoms with Crippen LogP contribution in [0, 0.1) is 0 Å². The molecule has 0 aliphatic heterocycles. The predicted molar refractivity (Wildman–Crippen MR) is 117 cm³/mol. The molecule has 2 amide bonds. The van der Waals surface area contributed by atoms with Crippen LogP contribution in [0.25, 0.3) is 0 Å². The van der Waals surface area contributed by atoms with Crippen LogP contribution < -0.4 is 15.4 Å². The highest BCUT2D eigenvalue weighted by Crippen LogP contribution is 2.28. The molecule has 0 aliphatic carbocycles. The number of hydrogen-bond donors (Lipinski definition) is 2. The molecule has 3 aromatic rings. The van der Waals surface area contributed by atoms with Gasteiger partial charge in [-0.05, 0) is 48.5 Å². The highest BCUT2D eigenvalue weighted by Gasteiger charge is 2.14. The Balaban J connectivity index is 1.51. The molecule has 6 nitrogen and oxygen atoms in total. The molecule has 2 aromatic carbocycles. The summed E-state index contributed by atoms with van der Waals surface area (Å²) < 4.78 is 11.0. The van der Waals surface area contributed by atoms with Crippen LogP contribution in [0.1, 0.15) is 16.3 Å². The summed E-state index contributed by atoms with van der Waals surface area (Å²) in [5.41, 5.74) is 0.349. The molecule has 0 fully saturated rings. The van der Waals surface area contributed by atoms with Crippen molar-refractivity contribution in [2.45, 2.75) is 6.61 Å². The summed E-state index contributed by atoms with van der Waals surface area (Å²) in [6.45, 7) is -0.225. The number of furan rings is 1. The Morgan fingerprint density at radius 1 is 0.900 bits per heavy atom. The van der Waals surface area contributed by atoms with E-state index in [4.69, 9.17) is 55.6 Å². The Labute approximate surface area is 192 Å². The van der Waals surface area contributed by atoms with Gasteiger partial charge < -0.3 is 19.8 Å². The molecule has 0 atom stereocenters. The van der Waals surface area contributed by atoms with E-state index in [9.17, 15) is 9.59 Å². The quantitative estimate of drug-likeness (QED) is 0.438. The summed E-state index contributed by atoms with van der Waals surface area (Å²) in [4.78, 5) is 24.2.